The molecule has 0 saturated heterocycles. The summed E-state index contributed by atoms with van der Waals surface area (Å²) in [7, 11) is 0. The summed E-state index contributed by atoms with van der Waals surface area (Å²) in [5.74, 6) is 0.537. The Kier molecular flexibility index (Phi) is 4.28. The first-order chi connectivity index (χ1) is 29.2. The maximum Gasteiger partial charge on any atom is 0.237 e. The average molecular weight is 671 g/mol. The lowest BCUT2D eigenvalue weighted by atomic mass is 9.60. The second kappa shape index (κ2) is 10.4. The Labute approximate surface area is 311 Å². The van der Waals surface area contributed by atoms with Crippen molar-refractivity contribution in [1.29, 1.82) is 0 Å². The van der Waals surface area contributed by atoms with E-state index in [0.717, 1.165) is 27.4 Å². The minimum atomic E-state index is -0.500. The summed E-state index contributed by atoms with van der Waals surface area (Å²) in [6.45, 7) is 0. The third-order valence-electron chi connectivity index (χ3n) is 11.0. The van der Waals surface area contributed by atoms with Crippen LogP contribution in [-0.4, -0.2) is 19.1 Å². The Morgan fingerprint density at radius 3 is 1.75 bits per heavy atom. The standard InChI is InChI=1S/C48H30N4/c1-2-14-29(15-3-1)38-28-43(51-39-23-11-8-16-30(39)31-17-9-12-24-40(31)51)50-48(49-38)52-41-25-13-10-22-36(41)46-42(52)27-26-37-44-32-18-4-6-20-34(32)45(47(37)46)35-21-7-5-19-33(35)44/h1-28,44-45H/i8D,9D,11D,12D,16D,17D,23D,24D. The van der Waals surface area contributed by atoms with Gasteiger partial charge in [0.15, 0.2) is 0 Å². The van der Waals surface area contributed by atoms with Crippen molar-refractivity contribution >= 4 is 43.6 Å². The highest BCUT2D eigenvalue weighted by Gasteiger charge is 2.42. The maximum atomic E-state index is 9.18. The normalized spacial score (nSPS) is 17.8. The molecule has 2 bridgehead atoms. The van der Waals surface area contributed by atoms with Crippen molar-refractivity contribution in [3.05, 3.63) is 203 Å². The topological polar surface area (TPSA) is 35.6 Å². The summed E-state index contributed by atoms with van der Waals surface area (Å²) >= 11 is 0. The Bertz CT molecular complexity index is 3430. The minimum Gasteiger partial charge on any atom is -0.294 e. The molecule has 10 aromatic rings. The summed E-state index contributed by atoms with van der Waals surface area (Å²) in [5.41, 5.74) is 10.8. The number of fused-ring (bicyclic) bond motifs is 6. The summed E-state index contributed by atoms with van der Waals surface area (Å²) in [4.78, 5) is 10.5. The van der Waals surface area contributed by atoms with E-state index < -0.39 is 36.3 Å². The van der Waals surface area contributed by atoms with E-state index >= 15 is 0 Å². The van der Waals surface area contributed by atoms with E-state index in [1.165, 1.54) is 37.9 Å². The molecule has 4 nitrogen and oxygen atoms in total. The van der Waals surface area contributed by atoms with Crippen LogP contribution in [-0.2, 0) is 0 Å². The highest BCUT2D eigenvalue weighted by Crippen LogP contribution is 2.58. The van der Waals surface area contributed by atoms with Crippen LogP contribution in [0.1, 0.15) is 56.2 Å². The zero-order valence-electron chi connectivity index (χ0n) is 35.5. The van der Waals surface area contributed by atoms with Crippen molar-refractivity contribution in [3.63, 3.8) is 0 Å². The van der Waals surface area contributed by atoms with Crippen LogP contribution in [0.5, 0.6) is 0 Å². The molecule has 13 rings (SSSR count). The van der Waals surface area contributed by atoms with Crippen LogP contribution in [0.3, 0.4) is 0 Å². The van der Waals surface area contributed by atoms with E-state index in [-0.39, 0.29) is 57.5 Å². The molecule has 0 spiro atoms. The Balaban J connectivity index is 1.22. The highest BCUT2D eigenvalue weighted by molar-refractivity contribution is 6.12. The van der Waals surface area contributed by atoms with Crippen LogP contribution in [0, 0.1) is 0 Å². The van der Waals surface area contributed by atoms with Gasteiger partial charge >= 0.3 is 0 Å². The number of benzene rings is 7. The first-order valence-corrected chi connectivity index (χ1v) is 17.3. The van der Waals surface area contributed by atoms with Crippen molar-refractivity contribution in [2.75, 3.05) is 0 Å². The average Bonchev–Trinajstić information content (AvgIpc) is 3.83. The molecule has 0 fully saturated rings. The van der Waals surface area contributed by atoms with Gasteiger partial charge < -0.3 is 0 Å². The van der Waals surface area contributed by atoms with E-state index in [0.29, 0.717) is 5.69 Å². The lowest BCUT2D eigenvalue weighted by Gasteiger charge is -2.42. The second-order valence-corrected chi connectivity index (χ2v) is 13.5. The molecular formula is C48H30N4. The molecule has 3 heterocycles. The fourth-order valence-electron chi connectivity index (χ4n) is 8.98. The van der Waals surface area contributed by atoms with Gasteiger partial charge in [0, 0.05) is 45.0 Å². The van der Waals surface area contributed by atoms with Gasteiger partial charge in [-0.25, -0.2) is 4.98 Å². The van der Waals surface area contributed by atoms with Crippen LogP contribution in [0.2, 0.25) is 0 Å². The van der Waals surface area contributed by atoms with Gasteiger partial charge in [0.2, 0.25) is 5.95 Å². The first-order valence-electron chi connectivity index (χ1n) is 21.3. The van der Waals surface area contributed by atoms with Crippen LogP contribution < -0.4 is 0 Å². The summed E-state index contributed by atoms with van der Waals surface area (Å²) in [6.07, 6.45) is 0. The molecule has 3 aliphatic rings. The number of rotatable bonds is 3. The van der Waals surface area contributed by atoms with Crippen LogP contribution in [0.15, 0.2) is 170 Å². The molecule has 3 aromatic heterocycles. The third-order valence-corrected chi connectivity index (χ3v) is 11.0. The highest BCUT2D eigenvalue weighted by atomic mass is 15.2. The number of aromatic nitrogens is 4. The molecule has 0 atom stereocenters. The molecular weight excluding hydrogens is 633 g/mol. The molecule has 0 saturated carbocycles. The van der Waals surface area contributed by atoms with Gasteiger partial charge in [-0.05, 0) is 57.6 Å². The van der Waals surface area contributed by atoms with Gasteiger partial charge in [-0.1, -0.05) is 139 Å². The van der Waals surface area contributed by atoms with Crippen LogP contribution >= 0.6 is 0 Å². The fraction of sp³-hybridized carbons (Fsp3) is 0.0417. The molecule has 0 radical (unpaired) electrons. The SMILES string of the molecule is [2H]c1c([2H])c([2H])c2c(c1[2H])c1c([2H])c([2H])c([2H])c([2H])c1n2-c1cc(-c2ccccc2)nc(-n2c3ccccc3c3c4c(ccc32)C2c3ccccc3C4c3ccccc32)n1. The summed E-state index contributed by atoms with van der Waals surface area (Å²) < 4.78 is 74.4. The van der Waals surface area contributed by atoms with E-state index in [2.05, 4.69) is 72.8 Å². The second-order valence-electron chi connectivity index (χ2n) is 13.5. The Morgan fingerprint density at radius 2 is 1.06 bits per heavy atom. The minimum absolute atomic E-state index is 0.00342. The number of hydrogen-bond acceptors (Lipinski definition) is 2. The van der Waals surface area contributed by atoms with E-state index in [1.807, 2.05) is 47.0 Å². The van der Waals surface area contributed by atoms with E-state index in [1.54, 1.807) is 6.07 Å². The lowest BCUT2D eigenvalue weighted by Crippen LogP contribution is -2.27. The summed E-state index contributed by atoms with van der Waals surface area (Å²) in [5, 5.41) is 2.10. The Hall–Kier alpha value is -6.78. The molecule has 52 heavy (non-hydrogen) atoms. The number of para-hydroxylation sites is 3. The summed E-state index contributed by atoms with van der Waals surface area (Å²) in [6, 6.07) is 37.8. The molecule has 7 aromatic carbocycles. The van der Waals surface area contributed by atoms with Crippen molar-refractivity contribution in [1.82, 2.24) is 19.1 Å². The Morgan fingerprint density at radius 1 is 0.462 bits per heavy atom. The van der Waals surface area contributed by atoms with Crippen molar-refractivity contribution < 1.29 is 11.0 Å². The van der Waals surface area contributed by atoms with E-state index in [9.17, 15) is 2.74 Å². The number of hydrogen-bond donors (Lipinski definition) is 0. The number of nitrogens with zero attached hydrogens (tertiary/aromatic N) is 4. The molecule has 0 amide bonds. The van der Waals surface area contributed by atoms with Crippen molar-refractivity contribution in [2.45, 2.75) is 11.8 Å². The van der Waals surface area contributed by atoms with Gasteiger partial charge in [-0.3, -0.25) is 9.13 Å². The maximum absolute atomic E-state index is 9.18. The van der Waals surface area contributed by atoms with Crippen LogP contribution in [0.25, 0.3) is 66.6 Å². The molecule has 0 N–H and O–H groups in total. The van der Waals surface area contributed by atoms with Crippen molar-refractivity contribution in [3.8, 4) is 23.0 Å². The van der Waals surface area contributed by atoms with Gasteiger partial charge in [0.1, 0.15) is 5.82 Å². The molecule has 242 valence electrons. The smallest absolute Gasteiger partial charge is 0.237 e. The zero-order chi connectivity index (χ0) is 40.9. The van der Waals surface area contributed by atoms with Gasteiger partial charge in [-0.2, -0.15) is 4.98 Å². The van der Waals surface area contributed by atoms with Gasteiger partial charge in [0.25, 0.3) is 0 Å². The molecule has 4 heteroatoms. The monoisotopic (exact) mass is 670 g/mol. The molecule has 0 aliphatic heterocycles. The van der Waals surface area contributed by atoms with Crippen LogP contribution in [0.4, 0.5) is 0 Å². The fourth-order valence-corrected chi connectivity index (χ4v) is 8.98. The van der Waals surface area contributed by atoms with Gasteiger partial charge in [0.05, 0.1) is 38.7 Å². The predicted molar refractivity (Wildman–Crippen MR) is 211 cm³/mol. The largest absolute Gasteiger partial charge is 0.294 e. The third kappa shape index (κ3) is 3.65. The zero-order valence-corrected chi connectivity index (χ0v) is 27.5. The quantitative estimate of drug-likeness (QED) is 0.188. The lowest BCUT2D eigenvalue weighted by molar-refractivity contribution is 0.761. The van der Waals surface area contributed by atoms with E-state index in [4.69, 9.17) is 18.2 Å². The predicted octanol–water partition coefficient (Wildman–Crippen LogP) is 11.3. The molecule has 0 unspecified atom stereocenters. The van der Waals surface area contributed by atoms with Gasteiger partial charge in [-0.15, -0.1) is 0 Å². The molecule has 3 aliphatic carbocycles. The van der Waals surface area contributed by atoms with Crippen molar-refractivity contribution in [2.24, 2.45) is 0 Å². The first kappa shape index (κ1) is 21.4.